The Balaban J connectivity index is 2.88. The number of nitrogens with zero attached hydrogens (tertiary/aromatic N) is 3. The molecule has 0 amide bonds. The maximum absolute atomic E-state index is 5.92. The van der Waals surface area contributed by atoms with Crippen molar-refractivity contribution in [3.63, 3.8) is 0 Å². The lowest BCUT2D eigenvalue weighted by Gasteiger charge is -2.25. The second-order valence-electron chi connectivity index (χ2n) is 5.16. The van der Waals surface area contributed by atoms with Gasteiger partial charge in [0.25, 0.3) is 0 Å². The van der Waals surface area contributed by atoms with Crippen molar-refractivity contribution in [2.75, 3.05) is 44.4 Å². The van der Waals surface area contributed by atoms with E-state index in [1.54, 1.807) is 0 Å². The summed E-state index contributed by atoms with van der Waals surface area (Å²) in [7, 11) is 4.16. The number of nitrogens with two attached hydrogens (primary N) is 1. The minimum Gasteiger partial charge on any atom is -0.484 e. The first-order valence-corrected chi connectivity index (χ1v) is 7.54. The number of hydrogen-bond acceptors (Lipinski definition) is 6. The second-order valence-corrected chi connectivity index (χ2v) is 5.91. The van der Waals surface area contributed by atoms with Crippen molar-refractivity contribution in [1.82, 2.24) is 9.27 Å². The molecule has 0 aliphatic carbocycles. The Bertz CT molecular complexity index is 379. The number of hydrogen-bond donors (Lipinski definition) is 1. The van der Waals surface area contributed by atoms with E-state index in [-0.39, 0.29) is 6.10 Å². The summed E-state index contributed by atoms with van der Waals surface area (Å²) in [5.74, 6) is 1.24. The fourth-order valence-electron chi connectivity index (χ4n) is 1.74. The molecule has 1 aromatic rings. The van der Waals surface area contributed by atoms with Gasteiger partial charge in [0.05, 0.1) is 6.10 Å². The summed E-state index contributed by atoms with van der Waals surface area (Å²) in [5.41, 5.74) is 5.92. The van der Waals surface area contributed by atoms with Crippen LogP contribution in [0.25, 0.3) is 0 Å². The maximum Gasteiger partial charge on any atom is 0.198 e. The first-order valence-electron chi connectivity index (χ1n) is 6.77. The third-order valence-corrected chi connectivity index (χ3v) is 3.51. The molecule has 0 unspecified atom stereocenters. The number of nitrogen functional groups attached to an aromatic ring is 1. The van der Waals surface area contributed by atoms with Crippen LogP contribution in [0.4, 0.5) is 10.8 Å². The molecule has 1 heterocycles. The van der Waals surface area contributed by atoms with Crippen LogP contribution in [-0.2, 0) is 0 Å². The highest BCUT2D eigenvalue weighted by Gasteiger charge is 2.19. The van der Waals surface area contributed by atoms with Crippen molar-refractivity contribution < 1.29 is 4.74 Å². The summed E-state index contributed by atoms with van der Waals surface area (Å²) in [4.78, 5) is 4.49. The third kappa shape index (κ3) is 4.87. The highest BCUT2D eigenvalue weighted by Crippen LogP contribution is 2.38. The van der Waals surface area contributed by atoms with Crippen molar-refractivity contribution >= 4 is 22.4 Å². The van der Waals surface area contributed by atoms with Gasteiger partial charge >= 0.3 is 0 Å². The molecule has 0 aromatic carbocycles. The van der Waals surface area contributed by atoms with Crippen molar-refractivity contribution in [3.05, 3.63) is 0 Å². The monoisotopic (exact) mass is 286 g/mol. The summed E-state index contributed by atoms with van der Waals surface area (Å²) < 4.78 is 10.1. The highest BCUT2D eigenvalue weighted by atomic mass is 32.1. The quantitative estimate of drug-likeness (QED) is 0.794. The van der Waals surface area contributed by atoms with Crippen LogP contribution in [0.15, 0.2) is 0 Å². The van der Waals surface area contributed by atoms with E-state index < -0.39 is 0 Å². The Morgan fingerprint density at radius 3 is 2.47 bits per heavy atom. The number of likely N-dealkylation sites (N-methyl/N-ethyl adjacent to an activating group) is 1. The molecule has 110 valence electrons. The molecule has 5 nitrogen and oxygen atoms in total. The van der Waals surface area contributed by atoms with Crippen LogP contribution < -0.4 is 15.4 Å². The van der Waals surface area contributed by atoms with Crippen LogP contribution >= 0.6 is 11.5 Å². The highest BCUT2D eigenvalue weighted by molar-refractivity contribution is 7.11. The number of anilines is 2. The van der Waals surface area contributed by atoms with Crippen molar-refractivity contribution in [3.8, 4) is 5.75 Å². The first-order chi connectivity index (χ1) is 8.95. The molecule has 0 atom stereocenters. The number of ether oxygens (including phenoxy) is 1. The normalized spacial score (nSPS) is 11.3. The minimum atomic E-state index is 0.106. The Morgan fingerprint density at radius 2 is 1.95 bits per heavy atom. The zero-order valence-electron chi connectivity index (χ0n) is 12.6. The van der Waals surface area contributed by atoms with E-state index in [0.717, 1.165) is 36.8 Å². The summed E-state index contributed by atoms with van der Waals surface area (Å²) >= 11 is 1.43. The van der Waals surface area contributed by atoms with Gasteiger partial charge in [-0.25, -0.2) is 0 Å². The van der Waals surface area contributed by atoms with Crippen LogP contribution in [0.5, 0.6) is 5.75 Å². The smallest absolute Gasteiger partial charge is 0.198 e. The Labute approximate surface area is 120 Å². The van der Waals surface area contributed by atoms with Crippen molar-refractivity contribution in [2.45, 2.75) is 33.3 Å². The zero-order valence-corrected chi connectivity index (χ0v) is 13.5. The summed E-state index contributed by atoms with van der Waals surface area (Å²) in [6.07, 6.45) is 1.20. The predicted molar refractivity (Wildman–Crippen MR) is 83.3 cm³/mol. The van der Waals surface area contributed by atoms with Crippen molar-refractivity contribution in [2.24, 2.45) is 0 Å². The van der Waals surface area contributed by atoms with Crippen LogP contribution in [0.2, 0.25) is 0 Å². The van der Waals surface area contributed by atoms with Crippen LogP contribution in [-0.4, -0.2) is 49.1 Å². The number of aromatic nitrogens is 1. The molecule has 1 aromatic heterocycles. The molecule has 0 aliphatic heterocycles. The van der Waals surface area contributed by atoms with Gasteiger partial charge in [-0.15, -0.1) is 0 Å². The molecular weight excluding hydrogens is 260 g/mol. The van der Waals surface area contributed by atoms with Gasteiger partial charge in [0.15, 0.2) is 16.6 Å². The molecule has 0 bridgehead atoms. The van der Waals surface area contributed by atoms with E-state index >= 15 is 0 Å². The van der Waals surface area contributed by atoms with Crippen LogP contribution in [0.1, 0.15) is 27.2 Å². The molecule has 0 spiro atoms. The second kappa shape index (κ2) is 7.55. The first kappa shape index (κ1) is 16.0. The van der Waals surface area contributed by atoms with Gasteiger partial charge in [0.1, 0.15) is 0 Å². The van der Waals surface area contributed by atoms with Gasteiger partial charge in [-0.2, -0.15) is 4.37 Å². The van der Waals surface area contributed by atoms with Gasteiger partial charge < -0.3 is 20.3 Å². The lowest BCUT2D eigenvalue weighted by molar-refractivity contribution is 0.244. The molecule has 0 radical (unpaired) electrons. The lowest BCUT2D eigenvalue weighted by atomic mass is 10.3. The summed E-state index contributed by atoms with van der Waals surface area (Å²) in [6, 6.07) is 0. The molecule has 0 saturated heterocycles. The summed E-state index contributed by atoms with van der Waals surface area (Å²) in [6.45, 7) is 9.13. The topological polar surface area (TPSA) is 54.6 Å². The van der Waals surface area contributed by atoms with Crippen LogP contribution in [0, 0.1) is 0 Å². The molecule has 1 rings (SSSR count). The molecule has 0 fully saturated rings. The zero-order chi connectivity index (χ0) is 14.4. The van der Waals surface area contributed by atoms with Crippen LogP contribution in [0.3, 0.4) is 0 Å². The molecule has 19 heavy (non-hydrogen) atoms. The Morgan fingerprint density at radius 1 is 1.26 bits per heavy atom. The van der Waals surface area contributed by atoms with E-state index in [1.165, 1.54) is 11.5 Å². The Hall–Kier alpha value is -1.01. The van der Waals surface area contributed by atoms with Crippen molar-refractivity contribution in [1.29, 1.82) is 0 Å². The van der Waals surface area contributed by atoms with E-state index in [2.05, 4.69) is 35.2 Å². The Kier molecular flexibility index (Phi) is 6.37. The average Bonchev–Trinajstić information content (AvgIpc) is 2.66. The van der Waals surface area contributed by atoms with E-state index in [0.29, 0.717) is 5.82 Å². The maximum atomic E-state index is 5.92. The van der Waals surface area contributed by atoms with Gasteiger partial charge in [0, 0.05) is 19.6 Å². The van der Waals surface area contributed by atoms with E-state index in [9.17, 15) is 0 Å². The van der Waals surface area contributed by atoms with Gasteiger partial charge in [-0.1, -0.05) is 6.92 Å². The molecule has 6 heteroatoms. The largest absolute Gasteiger partial charge is 0.484 e. The van der Waals surface area contributed by atoms with Gasteiger partial charge in [-0.3, -0.25) is 0 Å². The standard InChI is InChI=1S/C13H26N4OS/c1-6-7-17(9-8-16(4)5)13-11(18-10(2)3)12(14)15-19-13/h10H,6-9H2,1-5H3,(H2,14,15). The minimum absolute atomic E-state index is 0.106. The molecule has 0 saturated carbocycles. The fraction of sp³-hybridized carbons (Fsp3) is 0.769. The third-order valence-electron chi connectivity index (χ3n) is 2.61. The lowest BCUT2D eigenvalue weighted by Crippen LogP contribution is -2.32. The van der Waals surface area contributed by atoms with E-state index in [4.69, 9.17) is 10.5 Å². The van der Waals surface area contributed by atoms with Gasteiger partial charge in [-0.05, 0) is 45.9 Å². The molecule has 0 aliphatic rings. The molecular formula is C13H26N4OS. The molecule has 2 N–H and O–H groups in total. The van der Waals surface area contributed by atoms with Gasteiger partial charge in [0.2, 0.25) is 0 Å². The number of rotatable bonds is 8. The fourth-order valence-corrected chi connectivity index (χ4v) is 2.54. The summed E-state index contributed by atoms with van der Waals surface area (Å²) in [5, 5.41) is 1.05. The predicted octanol–water partition coefficient (Wildman–Crippen LogP) is 2.29. The van der Waals surface area contributed by atoms with E-state index in [1.807, 2.05) is 13.8 Å². The average molecular weight is 286 g/mol. The SMILES string of the molecule is CCCN(CCN(C)C)c1snc(N)c1OC(C)C.